The summed E-state index contributed by atoms with van der Waals surface area (Å²) in [6, 6.07) is 3.31. The lowest BCUT2D eigenvalue weighted by atomic mass is 10.1. The summed E-state index contributed by atoms with van der Waals surface area (Å²) in [4.78, 5) is 10.7. The summed E-state index contributed by atoms with van der Waals surface area (Å²) in [7, 11) is 1.50. The largest absolute Gasteiger partial charge is 0.494 e. The average Bonchev–Trinajstić information content (AvgIpc) is 2.59. The van der Waals surface area contributed by atoms with Gasteiger partial charge in [0.1, 0.15) is 11.5 Å². The molecule has 80 valence electrons. The normalized spacial score (nSPS) is 18.1. The van der Waals surface area contributed by atoms with Gasteiger partial charge >= 0.3 is 5.97 Å². The minimum Gasteiger partial charge on any atom is -0.494 e. The van der Waals surface area contributed by atoms with Crippen molar-refractivity contribution < 1.29 is 19.4 Å². The van der Waals surface area contributed by atoms with E-state index in [1.165, 1.54) is 7.11 Å². The fraction of sp³-hybridized carbons (Fsp3) is 0.300. The number of rotatable bonds is 2. The van der Waals surface area contributed by atoms with E-state index in [-0.39, 0.29) is 0 Å². The van der Waals surface area contributed by atoms with Crippen LogP contribution in [0, 0.1) is 0 Å². The molecule has 0 radical (unpaired) electrons. The molecule has 0 amide bonds. The molecule has 0 fully saturated rings. The molecule has 1 unspecified atom stereocenters. The highest BCUT2D eigenvalue weighted by molar-refractivity contribution is 5.75. The Hall–Kier alpha value is -1.91. The van der Waals surface area contributed by atoms with E-state index < -0.39 is 12.1 Å². The van der Waals surface area contributed by atoms with Gasteiger partial charge in [-0.15, -0.1) is 0 Å². The molecule has 1 aromatic rings. The van der Waals surface area contributed by atoms with Gasteiger partial charge in [0.15, 0.2) is 6.10 Å². The van der Waals surface area contributed by atoms with Crippen LogP contribution in [-0.4, -0.2) is 24.3 Å². The topological polar surface area (TPSA) is 81.8 Å². The van der Waals surface area contributed by atoms with Crippen molar-refractivity contribution in [2.24, 2.45) is 0 Å². The second-order valence-corrected chi connectivity index (χ2v) is 3.35. The molecule has 0 aromatic heterocycles. The zero-order chi connectivity index (χ0) is 11.0. The minimum absolute atomic E-state index is 0.346. The standard InChI is InChI=1S/C10H11NO4/c1-14-8-4-7-5(2-6(8)11)3-9(15-7)10(12)13/h2,4,9H,3,11H2,1H3,(H,12,13). The molecular weight excluding hydrogens is 198 g/mol. The van der Waals surface area contributed by atoms with E-state index in [0.717, 1.165) is 5.56 Å². The molecule has 5 nitrogen and oxygen atoms in total. The highest BCUT2D eigenvalue weighted by Gasteiger charge is 2.29. The first kappa shape index (κ1) is 9.64. The maximum Gasteiger partial charge on any atom is 0.345 e. The van der Waals surface area contributed by atoms with Gasteiger partial charge in [0, 0.05) is 18.1 Å². The van der Waals surface area contributed by atoms with Crippen molar-refractivity contribution in [3.63, 3.8) is 0 Å². The number of nitrogens with two attached hydrogens (primary N) is 1. The Morgan fingerprint density at radius 3 is 3.00 bits per heavy atom. The van der Waals surface area contributed by atoms with Crippen LogP contribution in [0.3, 0.4) is 0 Å². The molecule has 2 rings (SSSR count). The molecule has 15 heavy (non-hydrogen) atoms. The Bertz CT molecular complexity index is 416. The second kappa shape index (κ2) is 3.34. The third-order valence-electron chi connectivity index (χ3n) is 2.36. The Balaban J connectivity index is 2.35. The van der Waals surface area contributed by atoms with E-state index in [2.05, 4.69) is 0 Å². The van der Waals surface area contributed by atoms with Gasteiger partial charge in [0.25, 0.3) is 0 Å². The quantitative estimate of drug-likeness (QED) is 0.699. The van der Waals surface area contributed by atoms with E-state index in [1.54, 1.807) is 12.1 Å². The molecule has 1 aliphatic rings. The van der Waals surface area contributed by atoms with Gasteiger partial charge in [-0.2, -0.15) is 0 Å². The van der Waals surface area contributed by atoms with Gasteiger partial charge < -0.3 is 20.3 Å². The van der Waals surface area contributed by atoms with Crippen LogP contribution in [0.25, 0.3) is 0 Å². The summed E-state index contributed by atoms with van der Waals surface area (Å²) in [6.45, 7) is 0. The van der Waals surface area contributed by atoms with E-state index in [9.17, 15) is 4.79 Å². The predicted octanol–water partition coefficient (Wildman–Crippen LogP) is 0.665. The van der Waals surface area contributed by atoms with Gasteiger partial charge in [0.2, 0.25) is 0 Å². The summed E-state index contributed by atoms with van der Waals surface area (Å²) in [5.74, 6) is 0.0666. The number of hydrogen-bond acceptors (Lipinski definition) is 4. The molecular formula is C10H11NO4. The Morgan fingerprint density at radius 2 is 2.40 bits per heavy atom. The summed E-state index contributed by atoms with van der Waals surface area (Å²) >= 11 is 0. The van der Waals surface area contributed by atoms with Crippen molar-refractivity contribution in [2.45, 2.75) is 12.5 Å². The lowest BCUT2D eigenvalue weighted by molar-refractivity contribution is -0.144. The van der Waals surface area contributed by atoms with Crippen molar-refractivity contribution in [3.8, 4) is 11.5 Å². The van der Waals surface area contributed by atoms with Crippen LogP contribution >= 0.6 is 0 Å². The first-order valence-electron chi connectivity index (χ1n) is 4.47. The van der Waals surface area contributed by atoms with Crippen molar-refractivity contribution in [2.75, 3.05) is 12.8 Å². The first-order chi connectivity index (χ1) is 7.11. The molecule has 1 atom stereocenters. The molecule has 0 saturated heterocycles. The number of carboxylic acid groups (broad SMARTS) is 1. The molecule has 1 aromatic carbocycles. The Labute approximate surface area is 86.4 Å². The van der Waals surface area contributed by atoms with Gasteiger partial charge in [-0.3, -0.25) is 0 Å². The second-order valence-electron chi connectivity index (χ2n) is 3.35. The number of nitrogen functional groups attached to an aromatic ring is 1. The Kier molecular flexibility index (Phi) is 2.15. The van der Waals surface area contributed by atoms with Crippen LogP contribution < -0.4 is 15.2 Å². The summed E-state index contributed by atoms with van der Waals surface area (Å²) < 4.78 is 10.2. The minimum atomic E-state index is -0.969. The number of aliphatic carboxylic acids is 1. The molecule has 1 aliphatic heterocycles. The number of methoxy groups -OCH3 is 1. The number of carbonyl (C=O) groups is 1. The number of benzene rings is 1. The number of ether oxygens (including phenoxy) is 2. The fourth-order valence-corrected chi connectivity index (χ4v) is 1.60. The monoisotopic (exact) mass is 209 g/mol. The van der Waals surface area contributed by atoms with Gasteiger partial charge in [0.05, 0.1) is 12.8 Å². The summed E-state index contributed by atoms with van der Waals surface area (Å²) in [6.07, 6.45) is -0.467. The van der Waals surface area contributed by atoms with Crippen LogP contribution in [0.15, 0.2) is 12.1 Å². The van der Waals surface area contributed by atoms with Gasteiger partial charge in [-0.05, 0) is 6.07 Å². The maximum absolute atomic E-state index is 10.7. The van der Waals surface area contributed by atoms with E-state index in [0.29, 0.717) is 23.6 Å². The van der Waals surface area contributed by atoms with Crippen molar-refractivity contribution in [3.05, 3.63) is 17.7 Å². The fourth-order valence-electron chi connectivity index (χ4n) is 1.60. The summed E-state index contributed by atoms with van der Waals surface area (Å²) in [5, 5.41) is 8.79. The van der Waals surface area contributed by atoms with Crippen LogP contribution in [0.1, 0.15) is 5.56 Å². The van der Waals surface area contributed by atoms with E-state index in [1.807, 2.05) is 0 Å². The smallest absolute Gasteiger partial charge is 0.345 e. The van der Waals surface area contributed by atoms with E-state index >= 15 is 0 Å². The summed E-state index contributed by atoms with van der Waals surface area (Å²) in [5.41, 5.74) is 7.00. The maximum atomic E-state index is 10.7. The SMILES string of the molecule is COc1cc2c(cc1N)CC(C(=O)O)O2. The van der Waals surface area contributed by atoms with E-state index in [4.69, 9.17) is 20.3 Å². The zero-order valence-electron chi connectivity index (χ0n) is 8.19. The number of carboxylic acids is 1. The van der Waals surface area contributed by atoms with Crippen molar-refractivity contribution in [1.82, 2.24) is 0 Å². The third kappa shape index (κ3) is 1.56. The number of hydrogen-bond donors (Lipinski definition) is 2. The van der Waals surface area contributed by atoms with Crippen molar-refractivity contribution >= 4 is 11.7 Å². The van der Waals surface area contributed by atoms with Crippen LogP contribution in [0.4, 0.5) is 5.69 Å². The van der Waals surface area contributed by atoms with Crippen molar-refractivity contribution in [1.29, 1.82) is 0 Å². The number of fused-ring (bicyclic) bond motifs is 1. The molecule has 1 heterocycles. The third-order valence-corrected chi connectivity index (χ3v) is 2.36. The molecule has 0 saturated carbocycles. The molecule has 5 heteroatoms. The van der Waals surface area contributed by atoms with Crippen LogP contribution in [-0.2, 0) is 11.2 Å². The first-order valence-corrected chi connectivity index (χ1v) is 4.47. The highest BCUT2D eigenvalue weighted by Crippen LogP contribution is 2.36. The molecule has 0 aliphatic carbocycles. The zero-order valence-corrected chi connectivity index (χ0v) is 8.19. The lowest BCUT2D eigenvalue weighted by Crippen LogP contribution is -2.24. The number of anilines is 1. The van der Waals surface area contributed by atoms with Crippen LogP contribution in [0.5, 0.6) is 11.5 Å². The predicted molar refractivity (Wildman–Crippen MR) is 53.2 cm³/mol. The Morgan fingerprint density at radius 1 is 1.67 bits per heavy atom. The van der Waals surface area contributed by atoms with Gasteiger partial charge in [-0.25, -0.2) is 4.79 Å². The lowest BCUT2D eigenvalue weighted by Gasteiger charge is -2.07. The average molecular weight is 209 g/mol. The highest BCUT2D eigenvalue weighted by atomic mass is 16.5. The molecule has 0 spiro atoms. The van der Waals surface area contributed by atoms with Gasteiger partial charge in [-0.1, -0.05) is 0 Å². The van der Waals surface area contributed by atoms with Crippen LogP contribution in [0.2, 0.25) is 0 Å². The molecule has 0 bridgehead atoms. The molecule has 3 N–H and O–H groups in total.